The third kappa shape index (κ3) is 6.98. The number of aliphatic carboxylic acids is 1. The number of terminal acetylenes is 1. The Morgan fingerprint density at radius 3 is 2.64 bits per heavy atom. The first-order valence-electron chi connectivity index (χ1n) is 4.23. The maximum absolute atomic E-state index is 10.9. The topological polar surface area (TPSA) is 78.4 Å². The maximum atomic E-state index is 10.9. The number of nitrogens with one attached hydrogen (secondary N) is 2. The summed E-state index contributed by atoms with van der Waals surface area (Å²) in [4.78, 5) is 21.2. The number of amides is 2. The Bertz CT molecular complexity index is 245. The van der Waals surface area contributed by atoms with E-state index in [0.29, 0.717) is 6.54 Å². The molecule has 0 aliphatic heterocycles. The molecule has 5 nitrogen and oxygen atoms in total. The van der Waals surface area contributed by atoms with Crippen molar-refractivity contribution < 1.29 is 14.7 Å². The van der Waals surface area contributed by atoms with Gasteiger partial charge in [0, 0.05) is 13.0 Å². The monoisotopic (exact) mass is 198 g/mol. The van der Waals surface area contributed by atoms with Gasteiger partial charge in [-0.15, -0.1) is 6.42 Å². The van der Waals surface area contributed by atoms with Crippen molar-refractivity contribution in [3.05, 3.63) is 0 Å². The molecule has 0 aliphatic carbocycles. The van der Waals surface area contributed by atoms with Crippen molar-refractivity contribution in [3.8, 4) is 12.3 Å². The van der Waals surface area contributed by atoms with E-state index in [4.69, 9.17) is 11.5 Å². The van der Waals surface area contributed by atoms with Gasteiger partial charge in [0.15, 0.2) is 0 Å². The standard InChI is InChI=1S/C9H14N2O3/c1-3-4-10-9(14)11-6-7(2)5-8(12)13/h1,7H,4-6H2,2H3,(H,12,13)(H2,10,11,14). The normalized spacial score (nSPS) is 11.1. The average molecular weight is 198 g/mol. The highest BCUT2D eigenvalue weighted by Gasteiger charge is 2.08. The Kier molecular flexibility index (Phi) is 5.95. The Labute approximate surface area is 82.9 Å². The van der Waals surface area contributed by atoms with Crippen LogP contribution in [-0.2, 0) is 4.79 Å². The molecule has 0 rings (SSSR count). The van der Waals surface area contributed by atoms with E-state index < -0.39 is 5.97 Å². The maximum Gasteiger partial charge on any atom is 0.315 e. The molecule has 0 heterocycles. The molecule has 78 valence electrons. The van der Waals surface area contributed by atoms with Crippen LogP contribution in [0.3, 0.4) is 0 Å². The van der Waals surface area contributed by atoms with Gasteiger partial charge in [-0.25, -0.2) is 4.79 Å². The van der Waals surface area contributed by atoms with Crippen molar-refractivity contribution >= 4 is 12.0 Å². The number of carbonyl (C=O) groups excluding carboxylic acids is 1. The van der Waals surface area contributed by atoms with E-state index in [0.717, 1.165) is 0 Å². The SMILES string of the molecule is C#CCNC(=O)NCC(C)CC(=O)O. The number of carboxylic acids is 1. The average Bonchev–Trinajstić information content (AvgIpc) is 2.10. The summed E-state index contributed by atoms with van der Waals surface area (Å²) in [6, 6.07) is -0.375. The molecule has 0 saturated carbocycles. The lowest BCUT2D eigenvalue weighted by Gasteiger charge is -2.10. The van der Waals surface area contributed by atoms with Gasteiger partial charge in [-0.05, 0) is 5.92 Å². The molecular weight excluding hydrogens is 184 g/mol. The fourth-order valence-electron chi connectivity index (χ4n) is 0.831. The highest BCUT2D eigenvalue weighted by Crippen LogP contribution is 1.98. The van der Waals surface area contributed by atoms with Crippen LogP contribution in [0.5, 0.6) is 0 Å². The molecule has 0 aliphatic rings. The van der Waals surface area contributed by atoms with E-state index in [2.05, 4.69) is 16.6 Å². The number of carboxylic acid groups (broad SMARTS) is 1. The molecule has 3 N–H and O–H groups in total. The Morgan fingerprint density at radius 1 is 1.50 bits per heavy atom. The summed E-state index contributed by atoms with van der Waals surface area (Å²) in [7, 11) is 0. The molecule has 0 spiro atoms. The predicted octanol–water partition coefficient (Wildman–Crippen LogP) is 0.0296. The summed E-state index contributed by atoms with van der Waals surface area (Å²) in [5, 5.41) is 13.4. The smallest absolute Gasteiger partial charge is 0.315 e. The minimum Gasteiger partial charge on any atom is -0.481 e. The minimum atomic E-state index is -0.872. The Morgan fingerprint density at radius 2 is 2.14 bits per heavy atom. The second-order valence-electron chi connectivity index (χ2n) is 2.97. The van der Waals surface area contributed by atoms with Crippen molar-refractivity contribution in [2.75, 3.05) is 13.1 Å². The minimum absolute atomic E-state index is 0.0371. The van der Waals surface area contributed by atoms with Gasteiger partial charge >= 0.3 is 12.0 Å². The van der Waals surface area contributed by atoms with Gasteiger partial charge in [0.2, 0.25) is 0 Å². The highest BCUT2D eigenvalue weighted by molar-refractivity contribution is 5.74. The van der Waals surface area contributed by atoms with Crippen LogP contribution in [-0.4, -0.2) is 30.2 Å². The molecule has 2 amide bonds. The van der Waals surface area contributed by atoms with Gasteiger partial charge in [-0.3, -0.25) is 4.79 Å². The van der Waals surface area contributed by atoms with Crippen LogP contribution in [0.25, 0.3) is 0 Å². The molecular formula is C9H14N2O3. The number of hydrogen-bond acceptors (Lipinski definition) is 2. The number of urea groups is 1. The van der Waals surface area contributed by atoms with Gasteiger partial charge in [0.25, 0.3) is 0 Å². The van der Waals surface area contributed by atoms with Crippen LogP contribution in [0.4, 0.5) is 4.79 Å². The van der Waals surface area contributed by atoms with Crippen molar-refractivity contribution in [3.63, 3.8) is 0 Å². The van der Waals surface area contributed by atoms with Crippen molar-refractivity contribution in [1.82, 2.24) is 10.6 Å². The zero-order valence-corrected chi connectivity index (χ0v) is 8.04. The lowest BCUT2D eigenvalue weighted by atomic mass is 10.1. The molecule has 0 radical (unpaired) electrons. The molecule has 1 unspecified atom stereocenters. The molecule has 0 aromatic rings. The number of carbonyl (C=O) groups is 2. The Balaban J connectivity index is 3.56. The molecule has 0 fully saturated rings. The van der Waals surface area contributed by atoms with Gasteiger partial charge < -0.3 is 15.7 Å². The Hall–Kier alpha value is -1.70. The summed E-state index contributed by atoms with van der Waals surface area (Å²) in [6.07, 6.45) is 4.97. The zero-order valence-electron chi connectivity index (χ0n) is 8.04. The van der Waals surface area contributed by atoms with Gasteiger partial charge in [-0.1, -0.05) is 12.8 Å². The van der Waals surface area contributed by atoms with E-state index in [1.807, 2.05) is 0 Å². The lowest BCUT2D eigenvalue weighted by Crippen LogP contribution is -2.38. The fourth-order valence-corrected chi connectivity index (χ4v) is 0.831. The molecule has 5 heteroatoms. The quantitative estimate of drug-likeness (QED) is 0.545. The molecule has 0 aromatic heterocycles. The van der Waals surface area contributed by atoms with E-state index in [-0.39, 0.29) is 24.9 Å². The van der Waals surface area contributed by atoms with Crippen molar-refractivity contribution in [2.24, 2.45) is 5.92 Å². The lowest BCUT2D eigenvalue weighted by molar-refractivity contribution is -0.137. The van der Waals surface area contributed by atoms with E-state index >= 15 is 0 Å². The van der Waals surface area contributed by atoms with E-state index in [9.17, 15) is 9.59 Å². The molecule has 1 atom stereocenters. The third-order valence-corrected chi connectivity index (χ3v) is 1.49. The summed E-state index contributed by atoms with van der Waals surface area (Å²) in [5.41, 5.74) is 0. The first kappa shape index (κ1) is 12.3. The number of hydrogen-bond donors (Lipinski definition) is 3. The third-order valence-electron chi connectivity index (χ3n) is 1.49. The molecule has 0 saturated heterocycles. The molecule has 14 heavy (non-hydrogen) atoms. The molecule has 0 aromatic carbocycles. The second kappa shape index (κ2) is 6.78. The predicted molar refractivity (Wildman–Crippen MR) is 51.7 cm³/mol. The van der Waals surface area contributed by atoms with Crippen LogP contribution in [0.2, 0.25) is 0 Å². The summed E-state index contributed by atoms with van der Waals surface area (Å²) in [5.74, 6) is 1.29. The summed E-state index contributed by atoms with van der Waals surface area (Å²) in [6.45, 7) is 2.23. The van der Waals surface area contributed by atoms with Crippen LogP contribution >= 0.6 is 0 Å². The van der Waals surface area contributed by atoms with E-state index in [1.165, 1.54) is 0 Å². The number of rotatable bonds is 5. The molecule has 0 bridgehead atoms. The van der Waals surface area contributed by atoms with Crippen molar-refractivity contribution in [2.45, 2.75) is 13.3 Å². The van der Waals surface area contributed by atoms with Crippen molar-refractivity contribution in [1.29, 1.82) is 0 Å². The van der Waals surface area contributed by atoms with Gasteiger partial charge in [-0.2, -0.15) is 0 Å². The van der Waals surface area contributed by atoms with Gasteiger partial charge in [0.05, 0.1) is 6.54 Å². The van der Waals surface area contributed by atoms with E-state index in [1.54, 1.807) is 6.92 Å². The van der Waals surface area contributed by atoms with Crippen LogP contribution in [0.15, 0.2) is 0 Å². The highest BCUT2D eigenvalue weighted by atomic mass is 16.4. The largest absolute Gasteiger partial charge is 0.481 e. The van der Waals surface area contributed by atoms with Crippen LogP contribution in [0, 0.1) is 18.3 Å². The first-order valence-corrected chi connectivity index (χ1v) is 4.23. The summed E-state index contributed by atoms with van der Waals surface area (Å²) < 4.78 is 0. The first-order chi connectivity index (χ1) is 6.56. The van der Waals surface area contributed by atoms with Gasteiger partial charge in [0.1, 0.15) is 0 Å². The summed E-state index contributed by atoms with van der Waals surface area (Å²) >= 11 is 0. The zero-order chi connectivity index (χ0) is 11.0. The fraction of sp³-hybridized carbons (Fsp3) is 0.556. The second-order valence-corrected chi connectivity index (χ2v) is 2.97. The van der Waals surface area contributed by atoms with Crippen LogP contribution in [0.1, 0.15) is 13.3 Å². The van der Waals surface area contributed by atoms with Crippen LogP contribution < -0.4 is 10.6 Å².